The molecule has 0 aliphatic carbocycles. The van der Waals surface area contributed by atoms with E-state index in [9.17, 15) is 4.79 Å². The van der Waals surface area contributed by atoms with E-state index in [1.165, 1.54) is 0 Å². The van der Waals surface area contributed by atoms with Crippen molar-refractivity contribution in [2.45, 2.75) is 26.8 Å². The maximum absolute atomic E-state index is 12.3. The summed E-state index contributed by atoms with van der Waals surface area (Å²) in [5.41, 5.74) is 1.62. The van der Waals surface area contributed by atoms with Crippen molar-refractivity contribution in [2.75, 3.05) is 19.0 Å². The van der Waals surface area contributed by atoms with E-state index < -0.39 is 0 Å². The molecule has 2 N–H and O–H groups in total. The number of aromatic nitrogens is 1. The first-order valence-corrected chi connectivity index (χ1v) is 8.19. The second kappa shape index (κ2) is 8.91. The Kier molecular flexibility index (Phi) is 6.61. The Morgan fingerprint density at radius 1 is 1.21 bits per heavy atom. The van der Waals surface area contributed by atoms with E-state index in [0.717, 1.165) is 30.1 Å². The number of nitrogens with zero attached hydrogens (tertiary/aromatic N) is 1. The molecule has 24 heavy (non-hydrogen) atoms. The molecule has 1 aromatic carbocycles. The van der Waals surface area contributed by atoms with Crippen molar-refractivity contribution in [3.05, 3.63) is 53.7 Å². The van der Waals surface area contributed by atoms with Crippen molar-refractivity contribution in [2.24, 2.45) is 5.92 Å². The van der Waals surface area contributed by atoms with E-state index in [4.69, 9.17) is 4.74 Å². The van der Waals surface area contributed by atoms with Crippen LogP contribution in [0.25, 0.3) is 0 Å². The average Bonchev–Trinajstić information content (AvgIpc) is 2.60. The van der Waals surface area contributed by atoms with Gasteiger partial charge in [-0.15, -0.1) is 0 Å². The molecule has 0 radical (unpaired) electrons. The summed E-state index contributed by atoms with van der Waals surface area (Å²) in [4.78, 5) is 16.5. The van der Waals surface area contributed by atoms with Crippen molar-refractivity contribution in [3.8, 4) is 5.75 Å². The summed E-state index contributed by atoms with van der Waals surface area (Å²) in [6, 6.07) is 11.1. The molecule has 5 heteroatoms. The molecule has 0 unspecified atom stereocenters. The van der Waals surface area contributed by atoms with Gasteiger partial charge in [-0.05, 0) is 42.2 Å². The Morgan fingerprint density at radius 2 is 1.96 bits per heavy atom. The average molecular weight is 327 g/mol. The van der Waals surface area contributed by atoms with Crippen LogP contribution in [0.1, 0.15) is 36.2 Å². The number of hydrogen-bond acceptors (Lipinski definition) is 4. The number of pyridine rings is 1. The van der Waals surface area contributed by atoms with Gasteiger partial charge in [0.05, 0.1) is 7.11 Å². The highest BCUT2D eigenvalue weighted by Gasteiger charge is 2.07. The monoisotopic (exact) mass is 327 g/mol. The Morgan fingerprint density at radius 3 is 2.62 bits per heavy atom. The number of rotatable bonds is 8. The number of ether oxygens (including phenoxy) is 1. The first-order chi connectivity index (χ1) is 11.6. The minimum Gasteiger partial charge on any atom is -0.497 e. The molecule has 1 amide bonds. The van der Waals surface area contributed by atoms with E-state index in [1.807, 2.05) is 24.3 Å². The highest BCUT2D eigenvalue weighted by molar-refractivity contribution is 5.94. The molecule has 0 spiro atoms. The van der Waals surface area contributed by atoms with E-state index in [2.05, 4.69) is 29.5 Å². The second-order valence-electron chi connectivity index (χ2n) is 6.07. The van der Waals surface area contributed by atoms with Crippen LogP contribution in [-0.4, -0.2) is 24.5 Å². The zero-order chi connectivity index (χ0) is 17.4. The molecule has 0 fully saturated rings. The zero-order valence-electron chi connectivity index (χ0n) is 14.5. The van der Waals surface area contributed by atoms with Crippen LogP contribution in [-0.2, 0) is 6.54 Å². The second-order valence-corrected chi connectivity index (χ2v) is 6.07. The van der Waals surface area contributed by atoms with E-state index in [0.29, 0.717) is 18.0 Å². The van der Waals surface area contributed by atoms with Crippen LogP contribution < -0.4 is 15.4 Å². The smallest absolute Gasteiger partial charge is 0.251 e. The molecule has 5 nitrogen and oxygen atoms in total. The predicted molar refractivity (Wildman–Crippen MR) is 96.3 cm³/mol. The SMILES string of the molecule is COc1ccc(CNC(=O)c2ccnc(NCCC(C)C)c2)cc1. The molecule has 0 bridgehead atoms. The number of hydrogen-bond donors (Lipinski definition) is 2. The van der Waals surface area contributed by atoms with Gasteiger partial charge in [0, 0.05) is 24.8 Å². The molecular weight excluding hydrogens is 302 g/mol. The largest absolute Gasteiger partial charge is 0.497 e. The summed E-state index contributed by atoms with van der Waals surface area (Å²) < 4.78 is 5.12. The molecule has 1 aromatic heterocycles. The summed E-state index contributed by atoms with van der Waals surface area (Å²) in [6.45, 7) is 5.68. The van der Waals surface area contributed by atoms with Crippen LogP contribution in [0.5, 0.6) is 5.75 Å². The van der Waals surface area contributed by atoms with Gasteiger partial charge in [0.25, 0.3) is 5.91 Å². The fourth-order valence-electron chi connectivity index (χ4n) is 2.19. The van der Waals surface area contributed by atoms with Gasteiger partial charge >= 0.3 is 0 Å². The van der Waals surface area contributed by atoms with Gasteiger partial charge in [-0.3, -0.25) is 4.79 Å². The van der Waals surface area contributed by atoms with Crippen molar-refractivity contribution >= 4 is 11.7 Å². The summed E-state index contributed by atoms with van der Waals surface area (Å²) >= 11 is 0. The third-order valence-electron chi connectivity index (χ3n) is 3.66. The molecule has 2 aromatic rings. The van der Waals surface area contributed by atoms with Crippen molar-refractivity contribution in [1.29, 1.82) is 0 Å². The third-order valence-corrected chi connectivity index (χ3v) is 3.66. The molecule has 0 saturated carbocycles. The van der Waals surface area contributed by atoms with Crippen LogP contribution in [0.2, 0.25) is 0 Å². The molecule has 2 rings (SSSR count). The molecule has 0 atom stereocenters. The normalized spacial score (nSPS) is 10.5. The quantitative estimate of drug-likeness (QED) is 0.779. The summed E-state index contributed by atoms with van der Waals surface area (Å²) in [5, 5.41) is 6.17. The molecule has 0 aliphatic rings. The number of nitrogens with one attached hydrogen (secondary N) is 2. The van der Waals surface area contributed by atoms with Gasteiger partial charge in [0.2, 0.25) is 0 Å². The molecule has 1 heterocycles. The lowest BCUT2D eigenvalue weighted by molar-refractivity contribution is 0.0951. The van der Waals surface area contributed by atoms with Gasteiger partial charge in [0.15, 0.2) is 0 Å². The molecular formula is C19H25N3O2. The minimum absolute atomic E-state index is 0.111. The molecule has 128 valence electrons. The minimum atomic E-state index is -0.111. The van der Waals surface area contributed by atoms with Gasteiger partial charge in [-0.2, -0.15) is 0 Å². The lowest BCUT2D eigenvalue weighted by Gasteiger charge is -2.09. The fraction of sp³-hybridized carbons (Fsp3) is 0.368. The maximum atomic E-state index is 12.3. The Bertz CT molecular complexity index is 654. The predicted octanol–water partition coefficient (Wildman–Crippen LogP) is 3.48. The maximum Gasteiger partial charge on any atom is 0.251 e. The van der Waals surface area contributed by atoms with Crippen LogP contribution in [0.15, 0.2) is 42.6 Å². The number of methoxy groups -OCH3 is 1. The summed E-state index contributed by atoms with van der Waals surface area (Å²) in [5.74, 6) is 2.05. The van der Waals surface area contributed by atoms with E-state index in [-0.39, 0.29) is 5.91 Å². The van der Waals surface area contributed by atoms with Crippen LogP contribution in [0, 0.1) is 5.92 Å². The number of amides is 1. The zero-order valence-corrected chi connectivity index (χ0v) is 14.5. The van der Waals surface area contributed by atoms with E-state index in [1.54, 1.807) is 25.4 Å². The standard InChI is InChI=1S/C19H25N3O2/c1-14(2)8-10-20-18-12-16(9-11-21-18)19(23)22-13-15-4-6-17(24-3)7-5-15/h4-7,9,11-12,14H,8,10,13H2,1-3H3,(H,20,21)(H,22,23). The van der Waals surface area contributed by atoms with Crippen LogP contribution >= 0.6 is 0 Å². The fourth-order valence-corrected chi connectivity index (χ4v) is 2.19. The topological polar surface area (TPSA) is 63.2 Å². The van der Waals surface area contributed by atoms with Gasteiger partial charge < -0.3 is 15.4 Å². The Hall–Kier alpha value is -2.56. The summed E-state index contributed by atoms with van der Waals surface area (Å²) in [7, 11) is 1.63. The van der Waals surface area contributed by atoms with Gasteiger partial charge in [-0.25, -0.2) is 4.98 Å². The highest BCUT2D eigenvalue weighted by Crippen LogP contribution is 2.12. The number of carbonyl (C=O) groups is 1. The van der Waals surface area contributed by atoms with E-state index >= 15 is 0 Å². The van der Waals surface area contributed by atoms with Crippen molar-refractivity contribution < 1.29 is 9.53 Å². The van der Waals surface area contributed by atoms with Gasteiger partial charge in [-0.1, -0.05) is 26.0 Å². The highest BCUT2D eigenvalue weighted by atomic mass is 16.5. The Balaban J connectivity index is 1.89. The Labute approximate surface area is 143 Å². The third kappa shape index (κ3) is 5.57. The molecule has 0 aliphatic heterocycles. The number of benzene rings is 1. The summed E-state index contributed by atoms with van der Waals surface area (Å²) in [6.07, 6.45) is 2.72. The molecule has 0 saturated heterocycles. The van der Waals surface area contributed by atoms with Crippen molar-refractivity contribution in [1.82, 2.24) is 10.3 Å². The first kappa shape index (κ1) is 17.8. The van der Waals surface area contributed by atoms with Gasteiger partial charge in [0.1, 0.15) is 11.6 Å². The lowest BCUT2D eigenvalue weighted by atomic mass is 10.1. The van der Waals surface area contributed by atoms with Crippen molar-refractivity contribution in [3.63, 3.8) is 0 Å². The first-order valence-electron chi connectivity index (χ1n) is 8.19. The van der Waals surface area contributed by atoms with Crippen LogP contribution in [0.3, 0.4) is 0 Å². The number of carbonyl (C=O) groups excluding carboxylic acids is 1. The lowest BCUT2D eigenvalue weighted by Crippen LogP contribution is -2.23. The van der Waals surface area contributed by atoms with Crippen LogP contribution in [0.4, 0.5) is 5.82 Å². The number of anilines is 1.